The summed E-state index contributed by atoms with van der Waals surface area (Å²) in [6.07, 6.45) is 23.2. The number of allylic oxidation sites excluding steroid dienone is 3. The summed E-state index contributed by atoms with van der Waals surface area (Å²) in [5.74, 6) is 4.03. The van der Waals surface area contributed by atoms with E-state index in [2.05, 4.69) is 25.7 Å². The van der Waals surface area contributed by atoms with Gasteiger partial charge in [-0.3, -0.25) is 0 Å². The second-order valence-electron chi connectivity index (χ2n) is 11.3. The van der Waals surface area contributed by atoms with Gasteiger partial charge in [0.05, 0.1) is 0 Å². The molecule has 1 aromatic carbocycles. The van der Waals surface area contributed by atoms with E-state index in [0.29, 0.717) is 18.8 Å². The van der Waals surface area contributed by atoms with Crippen molar-refractivity contribution >= 4 is 0 Å². The summed E-state index contributed by atoms with van der Waals surface area (Å²) in [4.78, 5) is 0. The smallest absolute Gasteiger partial charge is 0.129 e. The third-order valence-corrected chi connectivity index (χ3v) is 9.42. The molecule has 0 radical (unpaired) electrons. The fourth-order valence-corrected chi connectivity index (χ4v) is 7.45. The van der Waals surface area contributed by atoms with E-state index in [4.69, 9.17) is 0 Å². The number of hydrogen-bond acceptors (Lipinski definition) is 0. The van der Waals surface area contributed by atoms with E-state index < -0.39 is 0 Å². The highest BCUT2D eigenvalue weighted by Gasteiger charge is 2.39. The van der Waals surface area contributed by atoms with E-state index in [9.17, 15) is 8.78 Å². The van der Waals surface area contributed by atoms with Gasteiger partial charge in [0.15, 0.2) is 0 Å². The molecule has 0 saturated heterocycles. The molecule has 3 aliphatic carbocycles. The Morgan fingerprint density at radius 2 is 1.42 bits per heavy atom. The third kappa shape index (κ3) is 6.17. The van der Waals surface area contributed by atoms with Crippen LogP contribution in [-0.2, 0) is 6.42 Å². The number of fused-ring (bicyclic) bond motifs is 1. The second kappa shape index (κ2) is 11.8. The summed E-state index contributed by atoms with van der Waals surface area (Å²) in [7, 11) is 0. The van der Waals surface area contributed by atoms with Crippen LogP contribution in [0, 0.1) is 41.2 Å². The molecule has 182 valence electrons. The number of rotatable bonds is 8. The topological polar surface area (TPSA) is 0 Å². The van der Waals surface area contributed by atoms with Gasteiger partial charge in [-0.05, 0) is 137 Å². The Bertz CT molecular complexity index is 778. The Morgan fingerprint density at radius 1 is 0.818 bits per heavy atom. The van der Waals surface area contributed by atoms with Crippen LogP contribution in [0.4, 0.5) is 8.78 Å². The van der Waals surface area contributed by atoms with Crippen LogP contribution < -0.4 is 0 Å². The van der Waals surface area contributed by atoms with E-state index >= 15 is 0 Å². The average Bonchev–Trinajstić information content (AvgIpc) is 2.83. The molecule has 4 rings (SSSR count). The van der Waals surface area contributed by atoms with Gasteiger partial charge in [-0.25, -0.2) is 8.78 Å². The lowest BCUT2D eigenvalue weighted by atomic mass is 9.60. The standard InChI is InChI=1S/C31H44F2/c1-3-5-7-8-22-10-12-23(13-11-22)24-14-15-26-19-27(17-16-25(26)18-24)28-20-30(32)29(9-6-4-2)31(33)21-28/h3-5,20-27H,2,6-19H2,1H3/b5-3+. The molecule has 3 fully saturated rings. The molecule has 0 aliphatic heterocycles. The van der Waals surface area contributed by atoms with E-state index in [1.54, 1.807) is 18.2 Å². The van der Waals surface area contributed by atoms with Gasteiger partial charge in [-0.1, -0.05) is 31.1 Å². The van der Waals surface area contributed by atoms with Gasteiger partial charge < -0.3 is 0 Å². The highest BCUT2D eigenvalue weighted by Crippen LogP contribution is 2.51. The monoisotopic (exact) mass is 454 g/mol. The van der Waals surface area contributed by atoms with Crippen LogP contribution in [0.3, 0.4) is 0 Å². The maximum atomic E-state index is 14.6. The Morgan fingerprint density at radius 3 is 2.09 bits per heavy atom. The number of halogens is 2. The largest absolute Gasteiger partial charge is 0.207 e. The predicted molar refractivity (Wildman–Crippen MR) is 135 cm³/mol. The van der Waals surface area contributed by atoms with Crippen molar-refractivity contribution in [1.82, 2.24) is 0 Å². The average molecular weight is 455 g/mol. The van der Waals surface area contributed by atoms with Crippen molar-refractivity contribution in [1.29, 1.82) is 0 Å². The SMILES string of the molecule is C=CCCc1c(F)cc(C2CCC3CC(C4CCC(CC/C=C/C)CC4)CCC3C2)cc1F. The minimum Gasteiger partial charge on any atom is -0.207 e. The van der Waals surface area contributed by atoms with Crippen molar-refractivity contribution in [3.05, 3.63) is 59.7 Å². The van der Waals surface area contributed by atoms with Crippen LogP contribution in [0.25, 0.3) is 0 Å². The van der Waals surface area contributed by atoms with Crippen molar-refractivity contribution in [2.24, 2.45) is 29.6 Å². The fraction of sp³-hybridized carbons (Fsp3) is 0.677. The Balaban J connectivity index is 1.28. The van der Waals surface area contributed by atoms with Crippen LogP contribution >= 0.6 is 0 Å². The summed E-state index contributed by atoms with van der Waals surface area (Å²) < 4.78 is 29.2. The first-order chi connectivity index (χ1) is 16.1. The van der Waals surface area contributed by atoms with Crippen LogP contribution in [0.1, 0.15) is 107 Å². The molecule has 3 saturated carbocycles. The van der Waals surface area contributed by atoms with Crippen molar-refractivity contribution < 1.29 is 8.78 Å². The van der Waals surface area contributed by atoms with Gasteiger partial charge in [0.2, 0.25) is 0 Å². The lowest BCUT2D eigenvalue weighted by molar-refractivity contribution is 0.0712. The van der Waals surface area contributed by atoms with Gasteiger partial charge in [-0.15, -0.1) is 6.58 Å². The van der Waals surface area contributed by atoms with Crippen LogP contribution in [-0.4, -0.2) is 0 Å². The van der Waals surface area contributed by atoms with E-state index in [0.717, 1.165) is 48.0 Å². The first-order valence-corrected chi connectivity index (χ1v) is 13.8. The highest BCUT2D eigenvalue weighted by atomic mass is 19.1. The van der Waals surface area contributed by atoms with Crippen molar-refractivity contribution in [2.75, 3.05) is 0 Å². The zero-order chi connectivity index (χ0) is 23.2. The zero-order valence-corrected chi connectivity index (χ0v) is 20.7. The molecule has 0 aromatic heterocycles. The summed E-state index contributed by atoms with van der Waals surface area (Å²) in [5, 5.41) is 0. The van der Waals surface area contributed by atoms with E-state index in [1.807, 2.05) is 0 Å². The second-order valence-corrected chi connectivity index (χ2v) is 11.3. The van der Waals surface area contributed by atoms with Gasteiger partial charge in [-0.2, -0.15) is 0 Å². The Kier molecular flexibility index (Phi) is 8.83. The molecular formula is C31H44F2. The molecule has 4 unspecified atom stereocenters. The molecule has 0 N–H and O–H groups in total. The molecule has 0 heterocycles. The number of benzene rings is 1. The van der Waals surface area contributed by atoms with Gasteiger partial charge in [0.25, 0.3) is 0 Å². The summed E-state index contributed by atoms with van der Waals surface area (Å²) in [6, 6.07) is 3.26. The maximum absolute atomic E-state index is 14.6. The molecule has 3 aliphatic rings. The molecule has 2 heteroatoms. The number of hydrogen-bond donors (Lipinski definition) is 0. The van der Waals surface area contributed by atoms with Gasteiger partial charge >= 0.3 is 0 Å². The molecule has 0 spiro atoms. The van der Waals surface area contributed by atoms with Crippen molar-refractivity contribution in [3.63, 3.8) is 0 Å². The first-order valence-electron chi connectivity index (χ1n) is 13.8. The maximum Gasteiger partial charge on any atom is 0.129 e. The molecular weight excluding hydrogens is 410 g/mol. The summed E-state index contributed by atoms with van der Waals surface area (Å²) >= 11 is 0. The Labute approximate surface area is 200 Å². The molecule has 0 nitrogen and oxygen atoms in total. The normalized spacial score (nSPS) is 32.6. The van der Waals surface area contributed by atoms with Crippen LogP contribution in [0.2, 0.25) is 0 Å². The molecule has 4 atom stereocenters. The minimum atomic E-state index is -0.362. The first kappa shape index (κ1) is 24.7. The molecule has 1 aromatic rings. The molecule has 33 heavy (non-hydrogen) atoms. The lowest BCUT2D eigenvalue weighted by Crippen LogP contribution is -2.34. The minimum absolute atomic E-state index is 0.226. The highest BCUT2D eigenvalue weighted by molar-refractivity contribution is 5.29. The lowest BCUT2D eigenvalue weighted by Gasteiger charge is -2.45. The molecule has 0 bridgehead atoms. The van der Waals surface area contributed by atoms with Gasteiger partial charge in [0, 0.05) is 5.56 Å². The van der Waals surface area contributed by atoms with Crippen LogP contribution in [0.5, 0.6) is 0 Å². The summed E-state index contributed by atoms with van der Waals surface area (Å²) in [6.45, 7) is 5.79. The fourth-order valence-electron chi connectivity index (χ4n) is 7.45. The Hall–Kier alpha value is -1.44. The van der Waals surface area contributed by atoms with Gasteiger partial charge in [0.1, 0.15) is 11.6 Å². The summed E-state index contributed by atoms with van der Waals surface area (Å²) in [5.41, 5.74) is 1.12. The predicted octanol–water partition coefficient (Wildman–Crippen LogP) is 9.55. The van der Waals surface area contributed by atoms with Crippen molar-refractivity contribution in [3.8, 4) is 0 Å². The van der Waals surface area contributed by atoms with E-state index in [1.165, 1.54) is 64.2 Å². The zero-order valence-electron chi connectivity index (χ0n) is 20.7. The third-order valence-electron chi connectivity index (χ3n) is 9.42. The van der Waals surface area contributed by atoms with Crippen molar-refractivity contribution in [2.45, 2.75) is 103 Å². The van der Waals surface area contributed by atoms with Crippen LogP contribution in [0.15, 0.2) is 36.9 Å². The molecule has 0 amide bonds. The quantitative estimate of drug-likeness (QED) is 0.343. The van der Waals surface area contributed by atoms with E-state index in [-0.39, 0.29) is 17.2 Å².